The topological polar surface area (TPSA) is 88.2 Å². The Bertz CT molecular complexity index is 660. The zero-order valence-corrected chi connectivity index (χ0v) is 15.3. The van der Waals surface area contributed by atoms with Crippen molar-refractivity contribution in [2.45, 2.75) is 44.6 Å². The number of nitrogens with zero attached hydrogens (tertiary/aromatic N) is 4. The van der Waals surface area contributed by atoms with Gasteiger partial charge in [-0.3, -0.25) is 19.8 Å². The molecule has 0 spiro atoms. The Balaban J connectivity index is 1.67. The van der Waals surface area contributed by atoms with Crippen LogP contribution in [0.15, 0.2) is 34.3 Å². The lowest BCUT2D eigenvalue weighted by molar-refractivity contribution is -0.384. The molecular weight excluding hydrogens is 332 g/mol. The van der Waals surface area contributed by atoms with E-state index in [-0.39, 0.29) is 18.0 Å². The summed E-state index contributed by atoms with van der Waals surface area (Å²) < 4.78 is 0. The lowest BCUT2D eigenvalue weighted by atomic mass is 9.96. The molecule has 0 saturated heterocycles. The number of carbonyl (C=O) groups excluding carboxylic acids is 1. The summed E-state index contributed by atoms with van der Waals surface area (Å²) in [5.41, 5.74) is 0.475. The number of nitro groups is 1. The van der Waals surface area contributed by atoms with Crippen LogP contribution in [0.3, 0.4) is 0 Å². The van der Waals surface area contributed by atoms with Crippen LogP contribution < -0.4 is 0 Å². The van der Waals surface area contributed by atoms with Gasteiger partial charge in [0, 0.05) is 24.2 Å². The number of aliphatic imine (C=N–C) groups is 2. The fraction of sp³-hybridized carbons (Fsp3) is 0.579. The molecule has 1 saturated carbocycles. The average molecular weight is 358 g/mol. The van der Waals surface area contributed by atoms with Crippen LogP contribution in [-0.4, -0.2) is 54.3 Å². The molecule has 0 radical (unpaired) electrons. The van der Waals surface area contributed by atoms with Crippen LogP contribution in [0.2, 0.25) is 0 Å². The number of rotatable bonds is 9. The molecule has 0 aromatic heterocycles. The van der Waals surface area contributed by atoms with Gasteiger partial charge in [0.05, 0.1) is 30.1 Å². The fourth-order valence-electron chi connectivity index (χ4n) is 2.99. The smallest absolute Gasteiger partial charge is 0.269 e. The van der Waals surface area contributed by atoms with Gasteiger partial charge in [-0.05, 0) is 38.4 Å². The molecule has 0 N–H and O–H groups in total. The highest BCUT2D eigenvalue weighted by molar-refractivity contribution is 5.97. The third-order valence-electron chi connectivity index (χ3n) is 4.51. The number of benzene rings is 1. The molecule has 0 unspecified atom stereocenters. The molecule has 7 heteroatoms. The highest BCUT2D eigenvalue weighted by Crippen LogP contribution is 2.19. The first-order chi connectivity index (χ1) is 12.6. The summed E-state index contributed by atoms with van der Waals surface area (Å²) in [5.74, 6) is -0.0511. The summed E-state index contributed by atoms with van der Waals surface area (Å²) >= 11 is 0. The van der Waals surface area contributed by atoms with Gasteiger partial charge in [-0.15, -0.1) is 0 Å². The summed E-state index contributed by atoms with van der Waals surface area (Å²) in [6, 6.07) is 8.93. The number of likely N-dealkylation sites (N-methyl/N-ethyl adjacent to an activating group) is 1. The van der Waals surface area contributed by atoms with Crippen LogP contribution in [0, 0.1) is 10.1 Å². The highest BCUT2D eigenvalue weighted by Gasteiger charge is 2.12. The van der Waals surface area contributed by atoms with Crippen LogP contribution in [0.5, 0.6) is 0 Å². The number of nitro benzene ring substituents is 1. The first-order valence-electron chi connectivity index (χ1n) is 9.14. The van der Waals surface area contributed by atoms with Crippen LogP contribution in [0.25, 0.3) is 0 Å². The van der Waals surface area contributed by atoms with Crippen LogP contribution in [0.4, 0.5) is 5.69 Å². The first kappa shape index (κ1) is 19.9. The van der Waals surface area contributed by atoms with E-state index in [0.717, 1.165) is 25.8 Å². The maximum atomic E-state index is 12.2. The lowest BCUT2D eigenvalue weighted by Crippen LogP contribution is -2.27. The number of ketones is 1. The maximum absolute atomic E-state index is 12.2. The summed E-state index contributed by atoms with van der Waals surface area (Å²) in [4.78, 5) is 32.9. The van der Waals surface area contributed by atoms with E-state index >= 15 is 0 Å². The Morgan fingerprint density at radius 1 is 1.27 bits per heavy atom. The monoisotopic (exact) mass is 358 g/mol. The molecule has 1 aliphatic rings. The summed E-state index contributed by atoms with van der Waals surface area (Å²) in [5, 5.41) is 10.6. The Morgan fingerprint density at radius 2 is 1.96 bits per heavy atom. The van der Waals surface area contributed by atoms with E-state index in [9.17, 15) is 14.9 Å². The van der Waals surface area contributed by atoms with E-state index in [1.807, 2.05) is 11.9 Å². The molecule has 0 bridgehead atoms. The van der Waals surface area contributed by atoms with Crippen molar-refractivity contribution in [2.24, 2.45) is 9.98 Å². The predicted octanol–water partition coefficient (Wildman–Crippen LogP) is 3.61. The molecule has 140 valence electrons. The van der Waals surface area contributed by atoms with E-state index in [1.54, 1.807) is 0 Å². The molecule has 0 aliphatic heterocycles. The van der Waals surface area contributed by atoms with Crippen molar-refractivity contribution < 1.29 is 9.72 Å². The van der Waals surface area contributed by atoms with Crippen LogP contribution in [0.1, 0.15) is 48.9 Å². The number of non-ortho nitro benzene ring substituents is 1. The van der Waals surface area contributed by atoms with Gasteiger partial charge in [-0.25, -0.2) is 9.98 Å². The number of Topliss-reactive ketones (excluding diaryl/α,β-unsaturated/α-hetero) is 1. The quantitative estimate of drug-likeness (QED) is 0.222. The SMILES string of the molecule is CN(CCCN=C=NC1CCCCC1)CC(=O)c1ccc([N+](=O)[O-])cc1. The van der Waals surface area contributed by atoms with E-state index in [4.69, 9.17) is 0 Å². The molecular formula is C19H26N4O3. The molecule has 26 heavy (non-hydrogen) atoms. The number of hydrogen-bond acceptors (Lipinski definition) is 6. The van der Waals surface area contributed by atoms with Crippen molar-refractivity contribution in [1.29, 1.82) is 0 Å². The number of hydrogen-bond donors (Lipinski definition) is 0. The fourth-order valence-corrected chi connectivity index (χ4v) is 2.99. The summed E-state index contributed by atoms with van der Waals surface area (Å²) in [7, 11) is 1.88. The minimum Gasteiger partial charge on any atom is -0.299 e. The minimum atomic E-state index is -0.474. The van der Waals surface area contributed by atoms with Crippen LogP contribution in [-0.2, 0) is 0 Å². The summed E-state index contributed by atoms with van der Waals surface area (Å²) in [6.07, 6.45) is 6.95. The zero-order valence-electron chi connectivity index (χ0n) is 15.3. The van der Waals surface area contributed by atoms with E-state index in [1.165, 1.54) is 43.5 Å². The Kier molecular flexibility index (Phi) is 8.12. The first-order valence-corrected chi connectivity index (χ1v) is 9.14. The van der Waals surface area contributed by atoms with Gasteiger partial charge < -0.3 is 0 Å². The standard InChI is InChI=1S/C19H26N4O3/c1-22(13-5-12-20-15-21-17-6-3-2-4-7-17)14-19(24)16-8-10-18(11-9-16)23(25)26/h8-11,17H,2-7,12-14H2,1H3. The largest absolute Gasteiger partial charge is 0.299 e. The molecule has 0 amide bonds. The Morgan fingerprint density at radius 3 is 2.62 bits per heavy atom. The van der Waals surface area contributed by atoms with Gasteiger partial charge in [0.2, 0.25) is 0 Å². The van der Waals surface area contributed by atoms with Gasteiger partial charge in [0.1, 0.15) is 0 Å². The second-order valence-corrected chi connectivity index (χ2v) is 6.72. The second kappa shape index (κ2) is 10.6. The predicted molar refractivity (Wildman–Crippen MR) is 101 cm³/mol. The van der Waals surface area contributed by atoms with Crippen molar-refractivity contribution in [3.8, 4) is 0 Å². The lowest BCUT2D eigenvalue weighted by Gasteiger charge is -2.15. The third kappa shape index (κ3) is 6.86. The molecule has 0 atom stereocenters. The molecule has 1 aromatic rings. The van der Waals surface area contributed by atoms with Gasteiger partial charge in [0.15, 0.2) is 5.78 Å². The minimum absolute atomic E-state index is 0.0114. The maximum Gasteiger partial charge on any atom is 0.269 e. The average Bonchev–Trinajstić information content (AvgIpc) is 2.65. The van der Waals surface area contributed by atoms with Crippen molar-refractivity contribution >= 4 is 17.5 Å². The Hall–Kier alpha value is -2.37. The van der Waals surface area contributed by atoms with E-state index < -0.39 is 4.92 Å². The van der Waals surface area contributed by atoms with Crippen molar-refractivity contribution in [2.75, 3.05) is 26.7 Å². The van der Waals surface area contributed by atoms with Gasteiger partial charge in [-0.2, -0.15) is 0 Å². The molecule has 1 aromatic carbocycles. The van der Waals surface area contributed by atoms with Crippen LogP contribution >= 0.6 is 0 Å². The third-order valence-corrected chi connectivity index (χ3v) is 4.51. The van der Waals surface area contributed by atoms with Crippen molar-refractivity contribution in [3.05, 3.63) is 39.9 Å². The van der Waals surface area contributed by atoms with Crippen molar-refractivity contribution in [3.63, 3.8) is 0 Å². The second-order valence-electron chi connectivity index (χ2n) is 6.72. The molecule has 0 heterocycles. The number of carbonyl (C=O) groups is 1. The molecule has 2 rings (SSSR count). The summed E-state index contributed by atoms with van der Waals surface area (Å²) in [6.45, 7) is 1.66. The Labute approximate surface area is 154 Å². The van der Waals surface area contributed by atoms with Gasteiger partial charge in [-0.1, -0.05) is 19.3 Å². The highest BCUT2D eigenvalue weighted by atomic mass is 16.6. The van der Waals surface area contributed by atoms with E-state index in [0.29, 0.717) is 18.2 Å². The molecule has 1 aliphatic carbocycles. The molecule has 7 nitrogen and oxygen atoms in total. The van der Waals surface area contributed by atoms with Gasteiger partial charge in [0.25, 0.3) is 5.69 Å². The van der Waals surface area contributed by atoms with E-state index in [2.05, 4.69) is 16.0 Å². The normalized spacial score (nSPS) is 14.7. The molecule has 1 fully saturated rings. The zero-order chi connectivity index (χ0) is 18.8. The van der Waals surface area contributed by atoms with Crippen molar-refractivity contribution in [1.82, 2.24) is 4.90 Å². The van der Waals surface area contributed by atoms with Gasteiger partial charge >= 0.3 is 0 Å².